The Labute approximate surface area is 97.7 Å². The predicted octanol–water partition coefficient (Wildman–Crippen LogP) is 0.141. The van der Waals surface area contributed by atoms with Crippen molar-refractivity contribution >= 4 is 5.91 Å². The normalized spacial score (nSPS) is 10.8. The molecule has 0 aromatic heterocycles. The summed E-state index contributed by atoms with van der Waals surface area (Å²) < 4.78 is 10.3. The van der Waals surface area contributed by atoms with Gasteiger partial charge in [0.25, 0.3) is 0 Å². The quantitative estimate of drug-likeness (QED) is 0.525. The molecule has 5 heteroatoms. The van der Waals surface area contributed by atoms with E-state index in [1.807, 2.05) is 0 Å². The van der Waals surface area contributed by atoms with Crippen LogP contribution in [-0.4, -0.2) is 45.4 Å². The van der Waals surface area contributed by atoms with E-state index in [1.165, 1.54) is 0 Å². The Bertz CT molecular complexity index is 175. The highest BCUT2D eigenvalue weighted by Crippen LogP contribution is 1.98. The van der Waals surface area contributed by atoms with Gasteiger partial charge in [0.2, 0.25) is 5.91 Å². The van der Waals surface area contributed by atoms with Gasteiger partial charge in [-0.05, 0) is 12.3 Å². The molecule has 5 nitrogen and oxygen atoms in total. The van der Waals surface area contributed by atoms with Gasteiger partial charge in [-0.1, -0.05) is 13.8 Å². The van der Waals surface area contributed by atoms with Crippen molar-refractivity contribution in [2.45, 2.75) is 20.3 Å². The van der Waals surface area contributed by atoms with Gasteiger partial charge in [-0.25, -0.2) is 0 Å². The molecule has 0 rings (SSSR count). The maximum Gasteiger partial charge on any atom is 0.246 e. The molecule has 96 valence electrons. The molecule has 0 heterocycles. The fourth-order valence-electron chi connectivity index (χ4n) is 0.983. The lowest BCUT2D eigenvalue weighted by Crippen LogP contribution is -2.31. The third-order valence-electron chi connectivity index (χ3n) is 1.90. The number of carbonyl (C=O) groups is 1. The summed E-state index contributed by atoms with van der Waals surface area (Å²) in [5.41, 5.74) is 5.22. The molecule has 0 aliphatic rings. The highest BCUT2D eigenvalue weighted by Gasteiger charge is 1.99. The van der Waals surface area contributed by atoms with Crippen LogP contribution in [0.4, 0.5) is 0 Å². The van der Waals surface area contributed by atoms with Crippen LogP contribution in [0.15, 0.2) is 0 Å². The van der Waals surface area contributed by atoms with Crippen LogP contribution < -0.4 is 11.1 Å². The fraction of sp³-hybridized carbons (Fsp3) is 0.909. The molecular weight excluding hydrogens is 208 g/mol. The number of rotatable bonds is 10. The standard InChI is InChI=1S/C11H24N2O3/c1-10(2)3-6-15-8-5-13-11(14)9-16-7-4-12/h10H,3-9,12H2,1-2H3,(H,13,14). The number of hydrogen-bond acceptors (Lipinski definition) is 4. The van der Waals surface area contributed by atoms with Crippen molar-refractivity contribution in [2.24, 2.45) is 11.7 Å². The Morgan fingerprint density at radius 1 is 1.25 bits per heavy atom. The topological polar surface area (TPSA) is 73.6 Å². The van der Waals surface area contributed by atoms with Crippen molar-refractivity contribution in [3.63, 3.8) is 0 Å². The Morgan fingerprint density at radius 3 is 2.62 bits per heavy atom. The first-order valence-electron chi connectivity index (χ1n) is 5.79. The summed E-state index contributed by atoms with van der Waals surface area (Å²) in [6.45, 7) is 7.06. The fourth-order valence-corrected chi connectivity index (χ4v) is 0.983. The highest BCUT2D eigenvalue weighted by molar-refractivity contribution is 5.77. The zero-order valence-electron chi connectivity index (χ0n) is 10.3. The molecule has 0 saturated heterocycles. The van der Waals surface area contributed by atoms with Crippen LogP contribution in [0.2, 0.25) is 0 Å². The maximum atomic E-state index is 11.1. The number of carbonyl (C=O) groups excluding carboxylic acids is 1. The molecule has 0 radical (unpaired) electrons. The summed E-state index contributed by atoms with van der Waals surface area (Å²) in [5.74, 6) is 0.528. The average Bonchev–Trinajstić information content (AvgIpc) is 2.23. The van der Waals surface area contributed by atoms with Crippen molar-refractivity contribution < 1.29 is 14.3 Å². The maximum absolute atomic E-state index is 11.1. The summed E-state index contributed by atoms with van der Waals surface area (Å²) in [6.07, 6.45) is 1.05. The summed E-state index contributed by atoms with van der Waals surface area (Å²) >= 11 is 0. The number of nitrogens with two attached hydrogens (primary N) is 1. The molecule has 0 aliphatic heterocycles. The van der Waals surface area contributed by atoms with Gasteiger partial charge >= 0.3 is 0 Å². The third kappa shape index (κ3) is 11.4. The molecule has 16 heavy (non-hydrogen) atoms. The summed E-state index contributed by atoms with van der Waals surface area (Å²) in [5, 5.41) is 2.70. The lowest BCUT2D eigenvalue weighted by atomic mass is 10.1. The Hall–Kier alpha value is -0.650. The molecular formula is C11H24N2O3. The SMILES string of the molecule is CC(C)CCOCCNC(=O)COCCN. The van der Waals surface area contributed by atoms with Crippen LogP contribution in [0.5, 0.6) is 0 Å². The van der Waals surface area contributed by atoms with E-state index >= 15 is 0 Å². The second-order valence-corrected chi connectivity index (χ2v) is 3.99. The van der Waals surface area contributed by atoms with Gasteiger partial charge in [0.05, 0.1) is 13.2 Å². The van der Waals surface area contributed by atoms with Crippen LogP contribution in [-0.2, 0) is 14.3 Å². The summed E-state index contributed by atoms with van der Waals surface area (Å²) in [4.78, 5) is 11.1. The zero-order chi connectivity index (χ0) is 12.2. The van der Waals surface area contributed by atoms with Gasteiger partial charge in [-0.15, -0.1) is 0 Å². The number of ether oxygens (including phenoxy) is 2. The molecule has 1 amide bonds. The molecule has 0 fully saturated rings. The average molecular weight is 232 g/mol. The molecule has 0 aliphatic carbocycles. The van der Waals surface area contributed by atoms with Gasteiger partial charge in [0.1, 0.15) is 6.61 Å². The second kappa shape index (κ2) is 10.9. The predicted molar refractivity (Wildman–Crippen MR) is 63.2 cm³/mol. The number of hydrogen-bond donors (Lipinski definition) is 2. The molecule has 3 N–H and O–H groups in total. The molecule has 0 saturated carbocycles. The lowest BCUT2D eigenvalue weighted by molar-refractivity contribution is -0.125. The van der Waals surface area contributed by atoms with Gasteiger partial charge < -0.3 is 20.5 Å². The number of nitrogens with one attached hydrogen (secondary N) is 1. The van der Waals surface area contributed by atoms with Gasteiger partial charge in [-0.3, -0.25) is 4.79 Å². The van der Waals surface area contributed by atoms with Crippen molar-refractivity contribution in [3.8, 4) is 0 Å². The Kier molecular flexibility index (Phi) is 10.4. The first-order chi connectivity index (χ1) is 7.66. The van der Waals surface area contributed by atoms with Crippen LogP contribution in [0.3, 0.4) is 0 Å². The van der Waals surface area contributed by atoms with Crippen molar-refractivity contribution in [1.29, 1.82) is 0 Å². The summed E-state index contributed by atoms with van der Waals surface area (Å²) in [6, 6.07) is 0. The van der Waals surface area contributed by atoms with E-state index in [2.05, 4.69) is 19.2 Å². The van der Waals surface area contributed by atoms with Crippen LogP contribution in [0, 0.1) is 5.92 Å². The van der Waals surface area contributed by atoms with Gasteiger partial charge in [0, 0.05) is 19.7 Å². The molecule has 0 spiro atoms. The number of amides is 1. The first-order valence-corrected chi connectivity index (χ1v) is 5.79. The van der Waals surface area contributed by atoms with E-state index in [0.717, 1.165) is 13.0 Å². The second-order valence-electron chi connectivity index (χ2n) is 3.99. The lowest BCUT2D eigenvalue weighted by Gasteiger charge is -2.07. The monoisotopic (exact) mass is 232 g/mol. The molecule has 0 aromatic carbocycles. The van der Waals surface area contributed by atoms with E-state index in [9.17, 15) is 4.79 Å². The Morgan fingerprint density at radius 2 is 2.00 bits per heavy atom. The minimum atomic E-state index is -0.124. The van der Waals surface area contributed by atoms with Crippen molar-refractivity contribution in [3.05, 3.63) is 0 Å². The minimum absolute atomic E-state index is 0.0726. The van der Waals surface area contributed by atoms with E-state index in [0.29, 0.717) is 32.2 Å². The highest BCUT2D eigenvalue weighted by atomic mass is 16.5. The van der Waals surface area contributed by atoms with Crippen LogP contribution in [0.25, 0.3) is 0 Å². The minimum Gasteiger partial charge on any atom is -0.380 e. The van der Waals surface area contributed by atoms with E-state index < -0.39 is 0 Å². The zero-order valence-corrected chi connectivity index (χ0v) is 10.3. The van der Waals surface area contributed by atoms with Gasteiger partial charge in [0.15, 0.2) is 0 Å². The third-order valence-corrected chi connectivity index (χ3v) is 1.90. The van der Waals surface area contributed by atoms with E-state index in [-0.39, 0.29) is 12.5 Å². The van der Waals surface area contributed by atoms with E-state index in [1.54, 1.807) is 0 Å². The molecule has 0 bridgehead atoms. The van der Waals surface area contributed by atoms with Crippen molar-refractivity contribution in [1.82, 2.24) is 5.32 Å². The first kappa shape index (κ1) is 15.3. The molecule has 0 aromatic rings. The van der Waals surface area contributed by atoms with Crippen LogP contribution >= 0.6 is 0 Å². The largest absolute Gasteiger partial charge is 0.380 e. The smallest absolute Gasteiger partial charge is 0.246 e. The van der Waals surface area contributed by atoms with E-state index in [4.69, 9.17) is 15.2 Å². The Balaban J connectivity index is 3.15. The molecule has 0 atom stereocenters. The summed E-state index contributed by atoms with van der Waals surface area (Å²) in [7, 11) is 0. The van der Waals surface area contributed by atoms with Crippen LogP contribution in [0.1, 0.15) is 20.3 Å². The molecule has 0 unspecified atom stereocenters. The van der Waals surface area contributed by atoms with Gasteiger partial charge in [-0.2, -0.15) is 0 Å². The van der Waals surface area contributed by atoms with Crippen molar-refractivity contribution in [2.75, 3.05) is 39.5 Å².